The van der Waals surface area contributed by atoms with Gasteiger partial charge in [0.05, 0.1) is 11.8 Å². The predicted molar refractivity (Wildman–Crippen MR) is 110 cm³/mol. The van der Waals surface area contributed by atoms with Gasteiger partial charge in [-0.1, -0.05) is 54.6 Å². The quantitative estimate of drug-likeness (QED) is 0.667. The van der Waals surface area contributed by atoms with E-state index >= 15 is 0 Å². The molecule has 0 spiro atoms. The van der Waals surface area contributed by atoms with Crippen LogP contribution in [0.15, 0.2) is 72.8 Å². The third-order valence-electron chi connectivity index (χ3n) is 5.48. The monoisotopic (exact) mass is 356 g/mol. The predicted octanol–water partition coefficient (Wildman–Crippen LogP) is 5.01. The highest BCUT2D eigenvalue weighted by Crippen LogP contribution is 2.45. The second-order valence-electron chi connectivity index (χ2n) is 7.27. The standard InChI is InChI=1S/C24H21NO2/c1-24(16-22(26)27)21(15-12-17-8-4-3-5-9-17)25(2)20-14-13-18-10-6-7-11-19(18)23(20)24/h3-15H,16H2,1-2H3/p+1/b15-12+. The van der Waals surface area contributed by atoms with Gasteiger partial charge in [0.1, 0.15) is 7.05 Å². The smallest absolute Gasteiger partial charge is 0.304 e. The van der Waals surface area contributed by atoms with E-state index in [-0.39, 0.29) is 6.42 Å². The normalized spacial score (nSPS) is 19.0. The molecule has 27 heavy (non-hydrogen) atoms. The second-order valence-corrected chi connectivity index (χ2v) is 7.27. The summed E-state index contributed by atoms with van der Waals surface area (Å²) in [5.74, 6) is -0.794. The molecular formula is C24H22NO2+. The molecular weight excluding hydrogens is 334 g/mol. The number of carbonyl (C=O) groups is 1. The largest absolute Gasteiger partial charge is 0.481 e. The molecule has 4 rings (SSSR count). The molecule has 0 fully saturated rings. The van der Waals surface area contributed by atoms with Gasteiger partial charge < -0.3 is 5.11 Å². The highest BCUT2D eigenvalue weighted by Gasteiger charge is 2.49. The summed E-state index contributed by atoms with van der Waals surface area (Å²) in [6, 6.07) is 22.5. The van der Waals surface area contributed by atoms with E-state index in [2.05, 4.69) is 41.0 Å². The third kappa shape index (κ3) is 2.85. The summed E-state index contributed by atoms with van der Waals surface area (Å²) in [7, 11) is 2.02. The number of fused-ring (bicyclic) bond motifs is 3. The van der Waals surface area contributed by atoms with Crippen molar-refractivity contribution in [3.05, 3.63) is 83.9 Å². The molecule has 0 amide bonds. The molecule has 1 unspecified atom stereocenters. The van der Waals surface area contributed by atoms with Gasteiger partial charge in [-0.3, -0.25) is 4.79 Å². The minimum absolute atomic E-state index is 0.0484. The number of carboxylic acid groups (broad SMARTS) is 1. The van der Waals surface area contributed by atoms with Gasteiger partial charge in [-0.05, 0) is 35.4 Å². The molecule has 3 aromatic carbocycles. The van der Waals surface area contributed by atoms with Crippen LogP contribution < -0.4 is 0 Å². The maximum Gasteiger partial charge on any atom is 0.304 e. The number of benzene rings is 3. The average Bonchev–Trinajstić information content (AvgIpc) is 2.87. The molecule has 0 aliphatic carbocycles. The lowest BCUT2D eigenvalue weighted by Crippen LogP contribution is -2.33. The zero-order chi connectivity index (χ0) is 19.0. The van der Waals surface area contributed by atoms with Crippen LogP contribution >= 0.6 is 0 Å². The second kappa shape index (κ2) is 6.51. The van der Waals surface area contributed by atoms with E-state index in [1.54, 1.807) is 0 Å². The number of rotatable bonds is 4. The maximum atomic E-state index is 11.8. The van der Waals surface area contributed by atoms with Crippen LogP contribution in [0.4, 0.5) is 5.69 Å². The van der Waals surface area contributed by atoms with Gasteiger partial charge in [0.25, 0.3) is 0 Å². The molecule has 1 N–H and O–H groups in total. The Kier molecular flexibility index (Phi) is 4.15. The Balaban J connectivity index is 1.92. The summed E-state index contributed by atoms with van der Waals surface area (Å²) in [5.41, 5.74) is 3.67. The lowest BCUT2D eigenvalue weighted by atomic mass is 9.74. The Morgan fingerprint density at radius 1 is 1.00 bits per heavy atom. The summed E-state index contributed by atoms with van der Waals surface area (Å²) in [6.45, 7) is 2.04. The van der Waals surface area contributed by atoms with Crippen molar-refractivity contribution in [3.63, 3.8) is 0 Å². The fraction of sp³-hybridized carbons (Fsp3) is 0.167. The molecule has 3 nitrogen and oxygen atoms in total. The molecule has 1 aliphatic rings. The van der Waals surface area contributed by atoms with Crippen molar-refractivity contribution < 1.29 is 14.5 Å². The number of hydrogen-bond acceptors (Lipinski definition) is 1. The Labute approximate surface area is 158 Å². The van der Waals surface area contributed by atoms with Gasteiger partial charge in [0, 0.05) is 17.7 Å². The van der Waals surface area contributed by atoms with Crippen molar-refractivity contribution in [3.8, 4) is 0 Å². The van der Waals surface area contributed by atoms with Gasteiger partial charge >= 0.3 is 5.97 Å². The molecule has 1 atom stereocenters. The molecule has 0 radical (unpaired) electrons. The van der Waals surface area contributed by atoms with Crippen LogP contribution in [0.1, 0.15) is 24.5 Å². The zero-order valence-corrected chi connectivity index (χ0v) is 15.5. The molecule has 3 aromatic rings. The van der Waals surface area contributed by atoms with E-state index in [0.29, 0.717) is 0 Å². The van der Waals surface area contributed by atoms with Crippen molar-refractivity contribution in [1.82, 2.24) is 0 Å². The van der Waals surface area contributed by atoms with Gasteiger partial charge in [-0.15, -0.1) is 0 Å². The van der Waals surface area contributed by atoms with E-state index in [9.17, 15) is 9.90 Å². The SMILES string of the molecule is C[N+]1=C(/C=C/c2ccccc2)C(C)(CC(=O)O)c2c1ccc1ccccc21. The first-order chi connectivity index (χ1) is 13.0. The van der Waals surface area contributed by atoms with Crippen LogP contribution in [-0.4, -0.2) is 28.4 Å². The van der Waals surface area contributed by atoms with E-state index in [4.69, 9.17) is 0 Å². The molecule has 1 aliphatic heterocycles. The molecule has 0 saturated carbocycles. The summed E-state index contributed by atoms with van der Waals surface area (Å²) in [6.07, 6.45) is 4.17. The zero-order valence-electron chi connectivity index (χ0n) is 15.5. The summed E-state index contributed by atoms with van der Waals surface area (Å²) in [5, 5.41) is 11.9. The van der Waals surface area contributed by atoms with Crippen LogP contribution in [0.3, 0.4) is 0 Å². The van der Waals surface area contributed by atoms with Crippen LogP contribution in [0.2, 0.25) is 0 Å². The first-order valence-corrected chi connectivity index (χ1v) is 9.09. The number of allylic oxidation sites excluding steroid dienone is 1. The summed E-state index contributed by atoms with van der Waals surface area (Å²) in [4.78, 5) is 11.8. The Morgan fingerprint density at radius 3 is 2.44 bits per heavy atom. The number of nitrogens with zero attached hydrogens (tertiary/aromatic N) is 1. The van der Waals surface area contributed by atoms with Crippen LogP contribution in [-0.2, 0) is 10.2 Å². The van der Waals surface area contributed by atoms with Gasteiger partial charge in [0.15, 0.2) is 5.71 Å². The minimum atomic E-state index is -0.794. The number of hydrogen-bond donors (Lipinski definition) is 1. The Morgan fingerprint density at radius 2 is 1.70 bits per heavy atom. The molecule has 0 bridgehead atoms. The van der Waals surface area contributed by atoms with E-state index < -0.39 is 11.4 Å². The van der Waals surface area contributed by atoms with E-state index in [0.717, 1.165) is 33.3 Å². The fourth-order valence-electron chi connectivity index (χ4n) is 4.26. The van der Waals surface area contributed by atoms with Crippen molar-refractivity contribution >= 4 is 34.2 Å². The molecule has 3 heteroatoms. The molecule has 134 valence electrons. The van der Waals surface area contributed by atoms with E-state index in [1.165, 1.54) is 0 Å². The fourth-order valence-corrected chi connectivity index (χ4v) is 4.26. The summed E-state index contributed by atoms with van der Waals surface area (Å²) >= 11 is 0. The Bertz CT molecular complexity index is 1100. The molecule has 0 saturated heterocycles. The van der Waals surface area contributed by atoms with Gasteiger partial charge in [-0.25, -0.2) is 0 Å². The highest BCUT2D eigenvalue weighted by molar-refractivity contribution is 6.10. The van der Waals surface area contributed by atoms with Crippen LogP contribution in [0.25, 0.3) is 16.8 Å². The van der Waals surface area contributed by atoms with Crippen molar-refractivity contribution in [2.45, 2.75) is 18.8 Å². The van der Waals surface area contributed by atoms with Crippen molar-refractivity contribution in [1.29, 1.82) is 0 Å². The number of aliphatic carboxylic acids is 1. The minimum Gasteiger partial charge on any atom is -0.481 e. The lowest BCUT2D eigenvalue weighted by Gasteiger charge is -2.21. The first kappa shape index (κ1) is 17.2. The van der Waals surface area contributed by atoms with Gasteiger partial charge in [0.2, 0.25) is 5.69 Å². The van der Waals surface area contributed by atoms with Crippen LogP contribution in [0.5, 0.6) is 0 Å². The number of carboxylic acids is 1. The molecule has 1 heterocycles. The molecule has 0 aromatic heterocycles. The highest BCUT2D eigenvalue weighted by atomic mass is 16.4. The maximum absolute atomic E-state index is 11.8. The van der Waals surface area contributed by atoms with E-state index in [1.807, 2.05) is 56.4 Å². The topological polar surface area (TPSA) is 40.3 Å². The summed E-state index contributed by atoms with van der Waals surface area (Å²) < 4.78 is 2.13. The van der Waals surface area contributed by atoms with Crippen molar-refractivity contribution in [2.75, 3.05) is 7.05 Å². The Hall–Kier alpha value is -3.20. The average molecular weight is 356 g/mol. The lowest BCUT2D eigenvalue weighted by molar-refractivity contribution is -0.401. The van der Waals surface area contributed by atoms with Gasteiger partial charge in [-0.2, -0.15) is 4.58 Å². The van der Waals surface area contributed by atoms with Crippen molar-refractivity contribution in [2.24, 2.45) is 0 Å². The first-order valence-electron chi connectivity index (χ1n) is 9.09. The third-order valence-corrected chi connectivity index (χ3v) is 5.48. The van der Waals surface area contributed by atoms with Crippen LogP contribution in [0, 0.1) is 0 Å².